The lowest BCUT2D eigenvalue weighted by Crippen LogP contribution is -2.43. The molecular weight excluding hydrogens is 550 g/mol. The maximum absolute atomic E-state index is 13.3. The first-order valence-electron chi connectivity index (χ1n) is 13.9. The number of likely N-dealkylation sites (N-methyl/N-ethyl adjacent to an activating group) is 1. The predicted octanol–water partition coefficient (Wildman–Crippen LogP) is 5.78. The third-order valence-electron chi connectivity index (χ3n) is 7.55. The number of nitrogens with one attached hydrogen (secondary N) is 1. The topological polar surface area (TPSA) is 88.4 Å². The molecule has 0 atom stereocenters. The van der Waals surface area contributed by atoms with Crippen molar-refractivity contribution in [2.45, 2.75) is 13.5 Å². The molecule has 1 aliphatic heterocycles. The van der Waals surface area contributed by atoms with E-state index in [0.29, 0.717) is 44.9 Å². The van der Waals surface area contributed by atoms with E-state index in [2.05, 4.69) is 50.1 Å². The van der Waals surface area contributed by atoms with E-state index in [1.807, 2.05) is 54.1 Å². The number of amides is 1. The SMILES string of the molecule is Cc1cc(NC(=O)c2cc(Oc3nc(-c4ccccc4)nc4c3ncn4C)ccc2Cl)ccc1CN1CCN(C)CC1. The van der Waals surface area contributed by atoms with Crippen LogP contribution in [0.5, 0.6) is 11.6 Å². The first kappa shape index (κ1) is 27.8. The van der Waals surface area contributed by atoms with E-state index >= 15 is 0 Å². The second-order valence-corrected chi connectivity index (χ2v) is 11.1. The number of carbonyl (C=O) groups is 1. The number of hydrogen-bond acceptors (Lipinski definition) is 7. The molecule has 0 unspecified atom stereocenters. The van der Waals surface area contributed by atoms with Gasteiger partial charge in [-0.25, -0.2) is 9.97 Å². The summed E-state index contributed by atoms with van der Waals surface area (Å²) in [4.78, 5) is 31.9. The monoisotopic (exact) mass is 581 g/mol. The second-order valence-electron chi connectivity index (χ2n) is 10.7. The minimum atomic E-state index is -0.327. The summed E-state index contributed by atoms with van der Waals surface area (Å²) in [6.07, 6.45) is 1.67. The van der Waals surface area contributed by atoms with Gasteiger partial charge in [-0.1, -0.05) is 48.0 Å². The molecule has 0 spiro atoms. The van der Waals surface area contributed by atoms with Gasteiger partial charge in [0, 0.05) is 51.0 Å². The number of aryl methyl sites for hydroxylation is 2. The highest BCUT2D eigenvalue weighted by atomic mass is 35.5. The Balaban J connectivity index is 1.21. The van der Waals surface area contributed by atoms with Gasteiger partial charge in [0.25, 0.3) is 11.8 Å². The number of hydrogen-bond donors (Lipinski definition) is 1. The van der Waals surface area contributed by atoms with Crippen LogP contribution < -0.4 is 10.1 Å². The average Bonchev–Trinajstić information content (AvgIpc) is 3.37. The van der Waals surface area contributed by atoms with Crippen molar-refractivity contribution in [3.63, 3.8) is 0 Å². The van der Waals surface area contributed by atoms with Gasteiger partial charge in [0.2, 0.25) is 0 Å². The number of benzene rings is 3. The Morgan fingerprint density at radius 1 is 0.976 bits per heavy atom. The highest BCUT2D eigenvalue weighted by Gasteiger charge is 2.19. The van der Waals surface area contributed by atoms with Crippen LogP contribution in [0.1, 0.15) is 21.5 Å². The quantitative estimate of drug-likeness (QED) is 0.260. The van der Waals surface area contributed by atoms with Crippen molar-refractivity contribution in [2.24, 2.45) is 7.05 Å². The molecule has 0 aliphatic carbocycles. The number of ether oxygens (including phenoxy) is 1. The molecule has 0 radical (unpaired) electrons. The lowest BCUT2D eigenvalue weighted by molar-refractivity contribution is 0.102. The molecule has 1 aliphatic rings. The Morgan fingerprint density at radius 3 is 2.52 bits per heavy atom. The number of rotatable bonds is 7. The molecule has 10 heteroatoms. The standard InChI is InChI=1S/C32H32ClN7O2/c1-21-17-24(10-9-23(21)19-40-15-13-38(2)14-16-40)35-31(41)26-18-25(11-12-27(26)33)42-32-28-30(39(3)20-34-28)36-29(37-32)22-7-5-4-6-8-22/h4-12,17-18,20H,13-16,19H2,1-3H3,(H,35,41). The van der Waals surface area contributed by atoms with Gasteiger partial charge in [-0.15, -0.1) is 0 Å². The Kier molecular flexibility index (Phi) is 7.88. The lowest BCUT2D eigenvalue weighted by atomic mass is 10.1. The number of nitrogens with zero attached hydrogens (tertiary/aromatic N) is 6. The zero-order valence-electron chi connectivity index (χ0n) is 23.8. The number of fused-ring (bicyclic) bond motifs is 1. The van der Waals surface area contributed by atoms with Gasteiger partial charge < -0.3 is 19.5 Å². The minimum Gasteiger partial charge on any atom is -0.437 e. The van der Waals surface area contributed by atoms with Crippen LogP contribution in [-0.4, -0.2) is 68.5 Å². The average molecular weight is 582 g/mol. The molecule has 1 amide bonds. The van der Waals surface area contributed by atoms with Gasteiger partial charge in [0.1, 0.15) is 5.75 Å². The van der Waals surface area contributed by atoms with Crippen LogP contribution >= 0.6 is 11.6 Å². The van der Waals surface area contributed by atoms with Gasteiger partial charge in [0.15, 0.2) is 17.0 Å². The van der Waals surface area contributed by atoms with E-state index in [1.165, 1.54) is 5.56 Å². The number of imidazole rings is 1. The molecule has 0 bridgehead atoms. The van der Waals surface area contributed by atoms with Crippen LogP contribution in [-0.2, 0) is 13.6 Å². The predicted molar refractivity (Wildman–Crippen MR) is 165 cm³/mol. The highest BCUT2D eigenvalue weighted by Crippen LogP contribution is 2.31. The summed E-state index contributed by atoms with van der Waals surface area (Å²) < 4.78 is 8.02. The van der Waals surface area contributed by atoms with Crippen molar-refractivity contribution < 1.29 is 9.53 Å². The van der Waals surface area contributed by atoms with Crippen molar-refractivity contribution in [2.75, 3.05) is 38.5 Å². The van der Waals surface area contributed by atoms with Crippen molar-refractivity contribution in [3.05, 3.63) is 94.8 Å². The highest BCUT2D eigenvalue weighted by molar-refractivity contribution is 6.34. The van der Waals surface area contributed by atoms with Crippen molar-refractivity contribution >= 4 is 34.4 Å². The maximum atomic E-state index is 13.3. The van der Waals surface area contributed by atoms with Crippen LogP contribution in [0.15, 0.2) is 73.1 Å². The fourth-order valence-electron chi connectivity index (χ4n) is 5.02. The molecule has 3 aromatic carbocycles. The third kappa shape index (κ3) is 5.99. The van der Waals surface area contributed by atoms with E-state index in [-0.39, 0.29) is 5.91 Å². The molecule has 2 aromatic heterocycles. The number of halogens is 1. The molecular formula is C32H32ClN7O2. The number of piperazine rings is 1. The number of anilines is 1. The number of aromatic nitrogens is 4. The van der Waals surface area contributed by atoms with Crippen molar-refractivity contribution in [3.8, 4) is 23.0 Å². The van der Waals surface area contributed by atoms with Gasteiger partial charge >= 0.3 is 0 Å². The molecule has 6 rings (SSSR count). The molecule has 9 nitrogen and oxygen atoms in total. The Hall–Kier alpha value is -4.31. The fourth-order valence-corrected chi connectivity index (χ4v) is 5.22. The third-order valence-corrected chi connectivity index (χ3v) is 7.88. The van der Waals surface area contributed by atoms with E-state index in [9.17, 15) is 4.79 Å². The normalized spacial score (nSPS) is 14.3. The van der Waals surface area contributed by atoms with Crippen molar-refractivity contribution in [1.82, 2.24) is 29.3 Å². The van der Waals surface area contributed by atoms with E-state index in [1.54, 1.807) is 24.5 Å². The molecule has 42 heavy (non-hydrogen) atoms. The molecule has 1 fully saturated rings. The van der Waals surface area contributed by atoms with Crippen LogP contribution in [0.4, 0.5) is 5.69 Å². The van der Waals surface area contributed by atoms with Crippen LogP contribution in [0, 0.1) is 6.92 Å². The number of carbonyl (C=O) groups excluding carboxylic acids is 1. The van der Waals surface area contributed by atoms with Crippen LogP contribution in [0.2, 0.25) is 5.02 Å². The largest absolute Gasteiger partial charge is 0.437 e. The molecule has 0 saturated carbocycles. The smallest absolute Gasteiger partial charge is 0.257 e. The summed E-state index contributed by atoms with van der Waals surface area (Å²) in [5.74, 6) is 0.889. The summed E-state index contributed by atoms with van der Waals surface area (Å²) in [5.41, 5.74) is 5.40. The zero-order valence-corrected chi connectivity index (χ0v) is 24.6. The molecule has 1 N–H and O–H groups in total. The summed E-state index contributed by atoms with van der Waals surface area (Å²) in [6, 6.07) is 20.7. The second kappa shape index (κ2) is 11.9. The molecule has 214 valence electrons. The molecule has 3 heterocycles. The van der Waals surface area contributed by atoms with Gasteiger partial charge in [0.05, 0.1) is 16.9 Å². The maximum Gasteiger partial charge on any atom is 0.257 e. The van der Waals surface area contributed by atoms with Crippen LogP contribution in [0.3, 0.4) is 0 Å². The Morgan fingerprint density at radius 2 is 1.76 bits per heavy atom. The van der Waals surface area contributed by atoms with Gasteiger partial charge in [-0.2, -0.15) is 4.98 Å². The molecule has 1 saturated heterocycles. The summed E-state index contributed by atoms with van der Waals surface area (Å²) in [6.45, 7) is 7.24. The molecule has 5 aromatic rings. The first-order chi connectivity index (χ1) is 20.3. The summed E-state index contributed by atoms with van der Waals surface area (Å²) in [5, 5.41) is 3.31. The lowest BCUT2D eigenvalue weighted by Gasteiger charge is -2.32. The van der Waals surface area contributed by atoms with E-state index < -0.39 is 0 Å². The Labute approximate surface area is 249 Å². The van der Waals surface area contributed by atoms with Gasteiger partial charge in [-0.3, -0.25) is 9.69 Å². The Bertz CT molecular complexity index is 1750. The van der Waals surface area contributed by atoms with E-state index in [4.69, 9.17) is 16.3 Å². The summed E-state index contributed by atoms with van der Waals surface area (Å²) in [7, 11) is 4.03. The zero-order chi connectivity index (χ0) is 29.2. The minimum absolute atomic E-state index is 0.291. The van der Waals surface area contributed by atoms with Crippen LogP contribution in [0.25, 0.3) is 22.6 Å². The van der Waals surface area contributed by atoms with Crippen molar-refractivity contribution in [1.29, 1.82) is 0 Å². The van der Waals surface area contributed by atoms with Gasteiger partial charge in [-0.05, 0) is 55.4 Å². The van der Waals surface area contributed by atoms with E-state index in [0.717, 1.165) is 43.9 Å². The summed E-state index contributed by atoms with van der Waals surface area (Å²) >= 11 is 6.47. The first-order valence-corrected chi connectivity index (χ1v) is 14.3. The fraction of sp³-hybridized carbons (Fsp3) is 0.250.